The lowest BCUT2D eigenvalue weighted by atomic mass is 10.1. The summed E-state index contributed by atoms with van der Waals surface area (Å²) in [5, 5.41) is 2.19. The average molecular weight is 352 g/mol. The lowest BCUT2D eigenvalue weighted by Crippen LogP contribution is -2.00. The summed E-state index contributed by atoms with van der Waals surface area (Å²) >= 11 is 0. The first-order chi connectivity index (χ1) is 13.2. The van der Waals surface area contributed by atoms with E-state index in [-0.39, 0.29) is 0 Å². The Labute approximate surface area is 158 Å². The molecule has 0 unspecified atom stereocenters. The predicted molar refractivity (Wildman–Crippen MR) is 114 cm³/mol. The highest BCUT2D eigenvalue weighted by Gasteiger charge is 2.04. The van der Waals surface area contributed by atoms with Gasteiger partial charge < -0.3 is 0 Å². The largest absolute Gasteiger partial charge is 0.255 e. The van der Waals surface area contributed by atoms with Crippen LogP contribution in [0, 0.1) is 0 Å². The highest BCUT2D eigenvalue weighted by Crippen LogP contribution is 2.25. The molecule has 0 amide bonds. The van der Waals surface area contributed by atoms with E-state index in [0.717, 1.165) is 44.6 Å². The van der Waals surface area contributed by atoms with Gasteiger partial charge in [-0.25, -0.2) is 0 Å². The smallest absolute Gasteiger partial charge is 0.0958 e. The van der Waals surface area contributed by atoms with E-state index >= 15 is 0 Å². The van der Waals surface area contributed by atoms with Crippen molar-refractivity contribution in [1.82, 2.24) is 9.97 Å². The van der Waals surface area contributed by atoms with Crippen LogP contribution in [0.15, 0.2) is 83.0 Å². The third-order valence-corrected chi connectivity index (χ3v) is 4.36. The van der Waals surface area contributed by atoms with Crippen LogP contribution in [0.5, 0.6) is 0 Å². The molecule has 0 fully saturated rings. The Bertz CT molecular complexity index is 1070. The fourth-order valence-corrected chi connectivity index (χ4v) is 3.22. The highest BCUT2D eigenvalue weighted by atomic mass is 14.8. The van der Waals surface area contributed by atoms with Gasteiger partial charge in [0.15, 0.2) is 0 Å². The topological polar surface area (TPSA) is 50.5 Å². The second-order valence-electron chi connectivity index (χ2n) is 6.58. The van der Waals surface area contributed by atoms with Crippen molar-refractivity contribution in [3.05, 3.63) is 73.1 Å². The number of aliphatic imine (C=N–C) groups is 2. The van der Waals surface area contributed by atoms with Crippen molar-refractivity contribution in [2.45, 2.75) is 20.3 Å². The van der Waals surface area contributed by atoms with E-state index in [1.807, 2.05) is 50.2 Å². The summed E-state index contributed by atoms with van der Waals surface area (Å²) in [6.45, 7) is 4.06. The van der Waals surface area contributed by atoms with E-state index in [1.165, 1.54) is 0 Å². The maximum Gasteiger partial charge on any atom is 0.0958 e. The molecule has 27 heavy (non-hydrogen) atoms. The Morgan fingerprint density at radius 1 is 0.667 bits per heavy atom. The van der Waals surface area contributed by atoms with Gasteiger partial charge in [0.05, 0.1) is 22.4 Å². The number of nitrogens with zero attached hydrogens (tertiary/aromatic N) is 4. The summed E-state index contributed by atoms with van der Waals surface area (Å²) in [4.78, 5) is 18.5. The van der Waals surface area contributed by atoms with Gasteiger partial charge in [-0.15, -0.1) is 0 Å². The molecule has 0 bridgehead atoms. The molecule has 2 aromatic carbocycles. The minimum atomic E-state index is 0.701. The second-order valence-corrected chi connectivity index (χ2v) is 6.58. The molecule has 2 aromatic heterocycles. The molecule has 0 N–H and O–H groups in total. The number of para-hydroxylation sites is 2. The Kier molecular flexibility index (Phi) is 4.71. The van der Waals surface area contributed by atoms with Crippen molar-refractivity contribution in [2.75, 3.05) is 0 Å². The number of hydrogen-bond donors (Lipinski definition) is 0. The minimum Gasteiger partial charge on any atom is -0.255 e. The molecule has 4 aromatic rings. The van der Waals surface area contributed by atoms with E-state index in [0.29, 0.717) is 6.42 Å². The van der Waals surface area contributed by atoms with Gasteiger partial charge in [-0.3, -0.25) is 20.0 Å². The molecule has 0 saturated heterocycles. The van der Waals surface area contributed by atoms with E-state index in [2.05, 4.69) is 34.2 Å². The van der Waals surface area contributed by atoms with E-state index in [1.54, 1.807) is 12.4 Å². The Hall–Kier alpha value is -3.40. The van der Waals surface area contributed by atoms with Gasteiger partial charge in [0.1, 0.15) is 0 Å². The zero-order valence-electron chi connectivity index (χ0n) is 15.4. The standard InChI is InChI=1S/C23H20N4/c1-16(26-20-11-3-7-18-9-5-13-24-22(18)20)15-17(2)27-21-12-4-8-19-10-6-14-25-23(19)21/h3-14H,15H2,1-2H3. The molecule has 0 atom stereocenters. The molecule has 2 heterocycles. The Morgan fingerprint density at radius 3 is 1.59 bits per heavy atom. The van der Waals surface area contributed by atoms with E-state index < -0.39 is 0 Å². The zero-order valence-corrected chi connectivity index (χ0v) is 15.4. The number of aromatic nitrogens is 2. The van der Waals surface area contributed by atoms with Crippen LogP contribution in [0.3, 0.4) is 0 Å². The predicted octanol–water partition coefficient (Wildman–Crippen LogP) is 6.06. The maximum atomic E-state index is 4.79. The van der Waals surface area contributed by atoms with E-state index in [9.17, 15) is 0 Å². The van der Waals surface area contributed by atoms with E-state index in [4.69, 9.17) is 9.98 Å². The molecule has 4 nitrogen and oxygen atoms in total. The molecule has 0 radical (unpaired) electrons. The van der Waals surface area contributed by atoms with Crippen LogP contribution < -0.4 is 0 Å². The molecule has 132 valence electrons. The summed E-state index contributed by atoms with van der Waals surface area (Å²) in [6, 6.07) is 20.1. The van der Waals surface area contributed by atoms with Crippen molar-refractivity contribution in [1.29, 1.82) is 0 Å². The quantitative estimate of drug-likeness (QED) is 0.419. The molecule has 4 rings (SSSR count). The van der Waals surface area contributed by atoms with Crippen LogP contribution in [0.25, 0.3) is 21.8 Å². The average Bonchev–Trinajstić information content (AvgIpc) is 2.68. The monoisotopic (exact) mass is 352 g/mol. The number of fused-ring (bicyclic) bond motifs is 2. The van der Waals surface area contributed by atoms with Gasteiger partial charge in [0.25, 0.3) is 0 Å². The summed E-state index contributed by atoms with van der Waals surface area (Å²) in [7, 11) is 0. The Balaban J connectivity index is 1.62. The normalized spacial score (nSPS) is 12.7. The number of benzene rings is 2. The molecule has 0 saturated carbocycles. The molecule has 0 aliphatic carbocycles. The van der Waals surface area contributed by atoms with Gasteiger partial charge in [-0.1, -0.05) is 36.4 Å². The van der Waals surface area contributed by atoms with Crippen molar-refractivity contribution in [2.24, 2.45) is 9.98 Å². The summed E-state index contributed by atoms with van der Waals surface area (Å²) in [6.07, 6.45) is 4.31. The zero-order chi connectivity index (χ0) is 18.6. The van der Waals surface area contributed by atoms with Gasteiger partial charge in [0.2, 0.25) is 0 Å². The minimum absolute atomic E-state index is 0.701. The highest BCUT2D eigenvalue weighted by molar-refractivity contribution is 6.06. The second kappa shape index (κ2) is 7.46. The summed E-state index contributed by atoms with van der Waals surface area (Å²) in [5.41, 5.74) is 5.64. The van der Waals surface area contributed by atoms with Gasteiger partial charge >= 0.3 is 0 Å². The SMILES string of the molecule is CC(CC(C)=Nc1cccc2cccnc12)=Nc1cccc2cccnc12. The fraction of sp³-hybridized carbons (Fsp3) is 0.130. The molecular formula is C23H20N4. The summed E-state index contributed by atoms with van der Waals surface area (Å²) in [5.74, 6) is 0. The Morgan fingerprint density at radius 2 is 1.11 bits per heavy atom. The van der Waals surface area contributed by atoms with Gasteiger partial charge in [-0.2, -0.15) is 0 Å². The first-order valence-corrected chi connectivity index (χ1v) is 8.96. The maximum absolute atomic E-state index is 4.79. The van der Waals surface area contributed by atoms with Crippen LogP contribution in [0.2, 0.25) is 0 Å². The molecule has 0 aliphatic rings. The lowest BCUT2D eigenvalue weighted by Gasteiger charge is -2.05. The number of hydrogen-bond acceptors (Lipinski definition) is 4. The van der Waals surface area contributed by atoms with Gasteiger partial charge in [0, 0.05) is 41.0 Å². The summed E-state index contributed by atoms with van der Waals surface area (Å²) < 4.78 is 0. The lowest BCUT2D eigenvalue weighted by molar-refractivity contribution is 1.35. The molecule has 0 aliphatic heterocycles. The number of pyridine rings is 2. The third kappa shape index (κ3) is 3.75. The van der Waals surface area contributed by atoms with Crippen LogP contribution in [-0.2, 0) is 0 Å². The van der Waals surface area contributed by atoms with Crippen LogP contribution in [0.1, 0.15) is 20.3 Å². The van der Waals surface area contributed by atoms with Crippen molar-refractivity contribution in [3.8, 4) is 0 Å². The van der Waals surface area contributed by atoms with Crippen LogP contribution in [0.4, 0.5) is 11.4 Å². The fourth-order valence-electron chi connectivity index (χ4n) is 3.22. The van der Waals surface area contributed by atoms with Crippen molar-refractivity contribution < 1.29 is 0 Å². The first-order valence-electron chi connectivity index (χ1n) is 8.96. The molecular weight excluding hydrogens is 332 g/mol. The van der Waals surface area contributed by atoms with Crippen molar-refractivity contribution in [3.63, 3.8) is 0 Å². The molecule has 0 spiro atoms. The first kappa shape index (κ1) is 17.0. The van der Waals surface area contributed by atoms with Crippen LogP contribution >= 0.6 is 0 Å². The number of rotatable bonds is 4. The van der Waals surface area contributed by atoms with Crippen LogP contribution in [-0.4, -0.2) is 21.4 Å². The van der Waals surface area contributed by atoms with Crippen molar-refractivity contribution >= 4 is 44.6 Å². The molecule has 4 heteroatoms. The third-order valence-electron chi connectivity index (χ3n) is 4.36. The van der Waals surface area contributed by atoms with Gasteiger partial charge in [-0.05, 0) is 38.1 Å².